The van der Waals surface area contributed by atoms with Crippen molar-refractivity contribution in [1.82, 2.24) is 4.90 Å². The van der Waals surface area contributed by atoms with E-state index in [-0.39, 0.29) is 34.4 Å². The number of nitrogens with zero attached hydrogens (tertiary/aromatic N) is 3. The normalized spacial score (nSPS) is 19.5. The molecule has 0 unspecified atom stereocenters. The highest BCUT2D eigenvalue weighted by atomic mass is 19.4. The van der Waals surface area contributed by atoms with Gasteiger partial charge in [0.05, 0.1) is 41.3 Å². The minimum atomic E-state index is -5.05. The summed E-state index contributed by atoms with van der Waals surface area (Å²) < 4.78 is 108. The molecule has 51 heavy (non-hydrogen) atoms. The number of amides is 1. The van der Waals surface area contributed by atoms with E-state index in [0.717, 1.165) is 39.0 Å². The molecule has 0 radical (unpaired) electrons. The average molecular weight is 716 g/mol. The number of benzene rings is 4. The maximum Gasteiger partial charge on any atom is 0.418 e. The van der Waals surface area contributed by atoms with Gasteiger partial charge in [0.15, 0.2) is 23.0 Å². The number of rotatable bonds is 2. The quantitative estimate of drug-likeness (QED) is 0.199. The second kappa shape index (κ2) is 11.7. The van der Waals surface area contributed by atoms with Crippen LogP contribution < -0.4 is 19.3 Å². The standard InChI is InChI=1S/C36H31F6N3O6/c1-33(2,3)51-32(48)43-19-25(47)24(46)18-34(43,44-22-12-4-6-14-26(22)49-28-16-8-10-20(30(28)44)35(37,38)39)45-23-13-5-7-15-27(23)50-29-17-9-11-21(31(29)45)36(40,41)42/h4-17,24-25,46-47H,18-19H2,1-3H3/t24-,25+/m1/s1. The number of halogens is 6. The van der Waals surface area contributed by atoms with Crippen LogP contribution in [-0.2, 0) is 17.1 Å². The number of β-amino-alcohol motifs (C(OH)–C–C–N with tert-alkyl or cyclic N) is 1. The highest BCUT2D eigenvalue weighted by molar-refractivity contribution is 5.90. The van der Waals surface area contributed by atoms with Crippen molar-refractivity contribution in [2.45, 2.75) is 63.1 Å². The molecule has 0 aromatic heterocycles. The SMILES string of the molecule is CC(C)(C)OC(=O)N1C[C@H](O)[C@H](O)CC1(N1c2ccccc2Oc2cccc(C(F)(F)F)c21)N1c2ccccc2Oc2cccc(C(F)(F)F)c21. The summed E-state index contributed by atoms with van der Waals surface area (Å²) in [4.78, 5) is 17.5. The largest absolute Gasteiger partial charge is 0.453 e. The van der Waals surface area contributed by atoms with Crippen LogP contribution in [0.1, 0.15) is 38.3 Å². The van der Waals surface area contributed by atoms with Gasteiger partial charge in [0.2, 0.25) is 5.79 Å². The van der Waals surface area contributed by atoms with Gasteiger partial charge in [0, 0.05) is 6.42 Å². The number of hydrogen-bond donors (Lipinski definition) is 2. The third-order valence-electron chi connectivity index (χ3n) is 8.77. The van der Waals surface area contributed by atoms with E-state index in [1.54, 1.807) is 12.1 Å². The third-order valence-corrected chi connectivity index (χ3v) is 8.77. The zero-order valence-corrected chi connectivity index (χ0v) is 27.3. The van der Waals surface area contributed by atoms with Gasteiger partial charge in [0.1, 0.15) is 17.0 Å². The molecule has 3 aliphatic rings. The zero-order valence-electron chi connectivity index (χ0n) is 27.3. The van der Waals surface area contributed by atoms with Crippen molar-refractivity contribution >= 4 is 28.8 Å². The first-order valence-electron chi connectivity index (χ1n) is 15.8. The lowest BCUT2D eigenvalue weighted by molar-refractivity contribution is -0.137. The number of aliphatic hydroxyl groups excluding tert-OH is 2. The summed E-state index contributed by atoms with van der Waals surface area (Å²) in [5, 5.41) is 22.7. The van der Waals surface area contributed by atoms with E-state index in [2.05, 4.69) is 0 Å². The molecule has 9 nitrogen and oxygen atoms in total. The highest BCUT2D eigenvalue weighted by Gasteiger charge is 2.62. The summed E-state index contributed by atoms with van der Waals surface area (Å²) in [6, 6.07) is 18.1. The summed E-state index contributed by atoms with van der Waals surface area (Å²) in [6.45, 7) is 3.82. The molecule has 2 N–H and O–H groups in total. The Morgan fingerprint density at radius 2 is 1.12 bits per heavy atom. The number of ether oxygens (including phenoxy) is 3. The molecule has 7 rings (SSSR count). The molecular weight excluding hydrogens is 684 g/mol. The van der Waals surface area contributed by atoms with Crippen LogP contribution in [-0.4, -0.2) is 51.3 Å². The van der Waals surface area contributed by atoms with Crippen LogP contribution in [0.15, 0.2) is 84.9 Å². The number of hydrogen-bond acceptors (Lipinski definition) is 8. The predicted octanol–water partition coefficient (Wildman–Crippen LogP) is 8.93. The van der Waals surface area contributed by atoms with E-state index in [1.165, 1.54) is 69.3 Å². The van der Waals surface area contributed by atoms with Gasteiger partial charge in [-0.05, 0) is 69.3 Å². The van der Waals surface area contributed by atoms with Gasteiger partial charge in [-0.25, -0.2) is 4.79 Å². The second-order valence-electron chi connectivity index (χ2n) is 13.3. The number of carbonyl (C=O) groups excluding carboxylic acids is 1. The smallest absolute Gasteiger partial charge is 0.418 e. The van der Waals surface area contributed by atoms with Crippen LogP contribution >= 0.6 is 0 Å². The van der Waals surface area contributed by atoms with Crippen molar-refractivity contribution in [3.63, 3.8) is 0 Å². The molecule has 2 atom stereocenters. The van der Waals surface area contributed by atoms with Crippen LogP contribution in [0.3, 0.4) is 0 Å². The molecule has 4 aromatic rings. The molecule has 3 heterocycles. The van der Waals surface area contributed by atoms with Gasteiger partial charge in [-0.15, -0.1) is 0 Å². The fourth-order valence-electron chi connectivity index (χ4n) is 6.85. The molecule has 1 fully saturated rings. The summed E-state index contributed by atoms with van der Waals surface area (Å²) in [5.74, 6) is -3.25. The highest BCUT2D eigenvalue weighted by Crippen LogP contribution is 2.62. The summed E-state index contributed by atoms with van der Waals surface area (Å²) in [7, 11) is 0. The van der Waals surface area contributed by atoms with Crippen molar-refractivity contribution in [3.8, 4) is 23.0 Å². The Kier molecular flexibility index (Phi) is 7.87. The molecule has 3 aliphatic heterocycles. The first kappa shape index (κ1) is 34.3. The second-order valence-corrected chi connectivity index (χ2v) is 13.3. The molecule has 0 bridgehead atoms. The molecule has 0 spiro atoms. The van der Waals surface area contributed by atoms with E-state index in [9.17, 15) is 15.0 Å². The molecule has 1 amide bonds. The molecule has 268 valence electrons. The number of piperidine rings is 1. The lowest BCUT2D eigenvalue weighted by Crippen LogP contribution is -2.76. The first-order valence-corrected chi connectivity index (χ1v) is 15.8. The lowest BCUT2D eigenvalue weighted by atomic mass is 9.90. The first-order chi connectivity index (χ1) is 23.9. The average Bonchev–Trinajstić information content (AvgIpc) is 3.05. The van der Waals surface area contributed by atoms with Gasteiger partial charge in [-0.3, -0.25) is 14.7 Å². The fourth-order valence-corrected chi connectivity index (χ4v) is 6.85. The van der Waals surface area contributed by atoms with Crippen molar-refractivity contribution in [2.24, 2.45) is 0 Å². The van der Waals surface area contributed by atoms with Crippen molar-refractivity contribution in [3.05, 3.63) is 96.1 Å². The maximum absolute atomic E-state index is 15.1. The van der Waals surface area contributed by atoms with E-state index in [4.69, 9.17) is 14.2 Å². The van der Waals surface area contributed by atoms with Crippen molar-refractivity contribution in [2.75, 3.05) is 16.3 Å². The Balaban J connectivity index is 1.69. The topological polar surface area (TPSA) is 94.9 Å². The Bertz CT molecular complexity index is 1900. The molecule has 0 aliphatic carbocycles. The number of para-hydroxylation sites is 6. The minimum absolute atomic E-state index is 0.000625. The minimum Gasteiger partial charge on any atom is -0.453 e. The molecule has 0 saturated carbocycles. The van der Waals surface area contributed by atoms with E-state index in [1.807, 2.05) is 0 Å². The van der Waals surface area contributed by atoms with E-state index in [0.29, 0.717) is 0 Å². The lowest BCUT2D eigenvalue weighted by Gasteiger charge is -2.61. The molecule has 4 aromatic carbocycles. The van der Waals surface area contributed by atoms with Gasteiger partial charge in [-0.2, -0.15) is 26.3 Å². The van der Waals surface area contributed by atoms with Gasteiger partial charge < -0.3 is 24.4 Å². The van der Waals surface area contributed by atoms with Gasteiger partial charge in [0.25, 0.3) is 0 Å². The van der Waals surface area contributed by atoms with Crippen LogP contribution in [0.4, 0.5) is 53.9 Å². The van der Waals surface area contributed by atoms with Crippen LogP contribution in [0.5, 0.6) is 23.0 Å². The molecule has 15 heteroatoms. The monoisotopic (exact) mass is 715 g/mol. The number of carbonyl (C=O) groups is 1. The summed E-state index contributed by atoms with van der Waals surface area (Å²) in [6.07, 6.45) is -15.6. The number of likely N-dealkylation sites (tertiary alicyclic amines) is 1. The van der Waals surface area contributed by atoms with E-state index < -0.39 is 77.5 Å². The van der Waals surface area contributed by atoms with Gasteiger partial charge in [-0.1, -0.05) is 36.4 Å². The van der Waals surface area contributed by atoms with Crippen LogP contribution in [0.2, 0.25) is 0 Å². The Morgan fingerprint density at radius 1 is 0.686 bits per heavy atom. The molecule has 1 saturated heterocycles. The number of aliphatic hydroxyl groups is 2. The molecular formula is C36H31F6N3O6. The zero-order chi connectivity index (χ0) is 36.7. The van der Waals surface area contributed by atoms with Gasteiger partial charge >= 0.3 is 18.4 Å². The van der Waals surface area contributed by atoms with Crippen LogP contribution in [0.25, 0.3) is 0 Å². The third kappa shape index (κ3) is 5.64. The number of fused-ring (bicyclic) bond motifs is 4. The van der Waals surface area contributed by atoms with Crippen LogP contribution in [0, 0.1) is 0 Å². The van der Waals surface area contributed by atoms with Crippen molar-refractivity contribution < 1.29 is 55.6 Å². The summed E-state index contributed by atoms with van der Waals surface area (Å²) in [5.41, 5.74) is -5.21. The number of alkyl halides is 6. The fraction of sp³-hybridized carbons (Fsp3) is 0.306. The maximum atomic E-state index is 15.1. The number of anilines is 4. The van der Waals surface area contributed by atoms with E-state index >= 15 is 26.3 Å². The Morgan fingerprint density at radius 3 is 1.55 bits per heavy atom. The predicted molar refractivity (Wildman–Crippen MR) is 172 cm³/mol. The Labute approximate surface area is 287 Å². The van der Waals surface area contributed by atoms with Crippen molar-refractivity contribution in [1.29, 1.82) is 0 Å². The summed E-state index contributed by atoms with van der Waals surface area (Å²) >= 11 is 0. The Hall–Kier alpha value is -5.15.